The van der Waals surface area contributed by atoms with Crippen molar-refractivity contribution in [3.05, 3.63) is 40.2 Å². The highest BCUT2D eigenvalue weighted by atomic mass is 79.9. The number of halogens is 2. The molecule has 0 aliphatic carbocycles. The molecule has 0 fully saturated rings. The average Bonchev–Trinajstić information content (AvgIpc) is 2.39. The molecule has 0 radical (unpaired) electrons. The second-order valence-electron chi connectivity index (χ2n) is 4.18. The Morgan fingerprint density at radius 3 is 2.86 bits per heavy atom. The minimum Gasteiger partial charge on any atom is -0.384 e. The van der Waals surface area contributed by atoms with Crippen molar-refractivity contribution in [2.24, 2.45) is 0 Å². The van der Waals surface area contributed by atoms with Gasteiger partial charge in [-0.25, -0.2) is 14.4 Å². The van der Waals surface area contributed by atoms with E-state index >= 15 is 0 Å². The third-order valence-corrected chi connectivity index (χ3v) is 3.73. The summed E-state index contributed by atoms with van der Waals surface area (Å²) in [4.78, 5) is 20.0. The third-order valence-electron chi connectivity index (χ3n) is 2.39. The number of aryl methyl sites for hydroxylation is 1. The van der Waals surface area contributed by atoms with Gasteiger partial charge in [-0.3, -0.25) is 4.79 Å². The standard InChI is InChI=1S/C13H12BrFN4OS/c1-7-4-11(16)19-13(17-7)21-6-12(20)18-10-3-2-8(14)5-9(10)15/h2-5H,6H2,1H3,(H,18,20)(H2,16,17,19). The van der Waals surface area contributed by atoms with Crippen LogP contribution >= 0.6 is 27.7 Å². The van der Waals surface area contributed by atoms with Gasteiger partial charge < -0.3 is 11.1 Å². The Morgan fingerprint density at radius 1 is 1.43 bits per heavy atom. The molecule has 0 unspecified atom stereocenters. The van der Waals surface area contributed by atoms with Gasteiger partial charge in [0.1, 0.15) is 11.6 Å². The van der Waals surface area contributed by atoms with Crippen LogP contribution in [0.25, 0.3) is 0 Å². The van der Waals surface area contributed by atoms with Crippen molar-refractivity contribution in [2.45, 2.75) is 12.1 Å². The smallest absolute Gasteiger partial charge is 0.234 e. The summed E-state index contributed by atoms with van der Waals surface area (Å²) in [5.74, 6) is -0.425. The molecule has 1 aromatic carbocycles. The molecule has 21 heavy (non-hydrogen) atoms. The number of carbonyl (C=O) groups is 1. The van der Waals surface area contributed by atoms with Crippen LogP contribution < -0.4 is 11.1 Å². The second kappa shape index (κ2) is 6.86. The number of nitrogens with two attached hydrogens (primary N) is 1. The zero-order chi connectivity index (χ0) is 15.4. The molecule has 3 N–H and O–H groups in total. The van der Waals surface area contributed by atoms with Crippen molar-refractivity contribution in [2.75, 3.05) is 16.8 Å². The molecule has 1 amide bonds. The molecule has 0 aliphatic rings. The quantitative estimate of drug-likeness (QED) is 0.638. The van der Waals surface area contributed by atoms with Gasteiger partial charge in [-0.1, -0.05) is 27.7 Å². The molecular formula is C13H12BrFN4OS. The molecule has 8 heteroatoms. The van der Waals surface area contributed by atoms with E-state index in [0.29, 0.717) is 15.4 Å². The maximum absolute atomic E-state index is 13.6. The van der Waals surface area contributed by atoms with Crippen LogP contribution in [0.1, 0.15) is 5.69 Å². The molecule has 0 spiro atoms. The molecule has 2 rings (SSSR count). The van der Waals surface area contributed by atoms with E-state index in [1.807, 2.05) is 0 Å². The van der Waals surface area contributed by atoms with Crippen LogP contribution in [0.4, 0.5) is 15.9 Å². The maximum atomic E-state index is 13.6. The number of carbonyl (C=O) groups excluding carboxylic acids is 1. The number of amides is 1. The van der Waals surface area contributed by atoms with Gasteiger partial charge in [0.25, 0.3) is 0 Å². The minimum atomic E-state index is -0.501. The SMILES string of the molecule is Cc1cc(N)nc(SCC(=O)Nc2ccc(Br)cc2F)n1. The van der Waals surface area contributed by atoms with Gasteiger partial charge in [-0.05, 0) is 25.1 Å². The van der Waals surface area contributed by atoms with Crippen molar-refractivity contribution >= 4 is 45.1 Å². The molecule has 2 aromatic rings. The lowest BCUT2D eigenvalue weighted by Gasteiger charge is -2.06. The van der Waals surface area contributed by atoms with Gasteiger partial charge in [-0.2, -0.15) is 0 Å². The number of rotatable bonds is 4. The molecule has 0 bridgehead atoms. The maximum Gasteiger partial charge on any atom is 0.234 e. The average molecular weight is 371 g/mol. The van der Waals surface area contributed by atoms with Gasteiger partial charge in [-0.15, -0.1) is 0 Å². The zero-order valence-corrected chi connectivity index (χ0v) is 13.5. The van der Waals surface area contributed by atoms with E-state index in [0.717, 1.165) is 17.5 Å². The number of thioether (sulfide) groups is 1. The fourth-order valence-corrected chi connectivity index (χ4v) is 2.58. The molecule has 0 saturated heterocycles. The Morgan fingerprint density at radius 2 is 2.19 bits per heavy atom. The van der Waals surface area contributed by atoms with E-state index in [2.05, 4.69) is 31.2 Å². The van der Waals surface area contributed by atoms with Crippen LogP contribution in [-0.4, -0.2) is 21.6 Å². The van der Waals surface area contributed by atoms with E-state index in [4.69, 9.17) is 5.73 Å². The molecule has 1 heterocycles. The third kappa shape index (κ3) is 4.68. The molecule has 110 valence electrons. The molecular weight excluding hydrogens is 359 g/mol. The molecule has 0 atom stereocenters. The molecule has 0 aliphatic heterocycles. The molecule has 0 saturated carbocycles. The second-order valence-corrected chi connectivity index (χ2v) is 6.04. The largest absolute Gasteiger partial charge is 0.384 e. The lowest BCUT2D eigenvalue weighted by atomic mass is 10.3. The van der Waals surface area contributed by atoms with Crippen molar-refractivity contribution in [1.82, 2.24) is 9.97 Å². The Bertz CT molecular complexity index is 663. The van der Waals surface area contributed by atoms with Gasteiger partial charge in [0.05, 0.1) is 11.4 Å². The van der Waals surface area contributed by atoms with Crippen LogP contribution in [0, 0.1) is 12.7 Å². The summed E-state index contributed by atoms with van der Waals surface area (Å²) in [6.45, 7) is 1.79. The van der Waals surface area contributed by atoms with Gasteiger partial charge in [0.2, 0.25) is 5.91 Å². The number of benzene rings is 1. The predicted octanol–water partition coefficient (Wildman–Crippen LogP) is 3.00. The highest BCUT2D eigenvalue weighted by Crippen LogP contribution is 2.20. The number of anilines is 2. The van der Waals surface area contributed by atoms with Crippen LogP contribution in [0.15, 0.2) is 33.9 Å². The summed E-state index contributed by atoms with van der Waals surface area (Å²) in [5, 5.41) is 2.91. The van der Waals surface area contributed by atoms with Gasteiger partial charge in [0, 0.05) is 16.2 Å². The highest BCUT2D eigenvalue weighted by Gasteiger charge is 2.09. The first-order chi connectivity index (χ1) is 9.94. The summed E-state index contributed by atoms with van der Waals surface area (Å²) in [6.07, 6.45) is 0. The highest BCUT2D eigenvalue weighted by molar-refractivity contribution is 9.10. The van der Waals surface area contributed by atoms with E-state index in [1.54, 1.807) is 19.1 Å². The fourth-order valence-electron chi connectivity index (χ4n) is 1.54. The topological polar surface area (TPSA) is 80.9 Å². The molecule has 5 nitrogen and oxygen atoms in total. The number of aromatic nitrogens is 2. The van der Waals surface area contributed by atoms with Crippen LogP contribution in [-0.2, 0) is 4.79 Å². The first-order valence-electron chi connectivity index (χ1n) is 5.93. The van der Waals surface area contributed by atoms with Crippen molar-refractivity contribution in [1.29, 1.82) is 0 Å². The van der Waals surface area contributed by atoms with E-state index in [-0.39, 0.29) is 17.3 Å². The number of nitrogens with one attached hydrogen (secondary N) is 1. The Kier molecular flexibility index (Phi) is 5.13. The van der Waals surface area contributed by atoms with E-state index in [1.165, 1.54) is 12.1 Å². The van der Waals surface area contributed by atoms with Crippen LogP contribution in [0.5, 0.6) is 0 Å². The Labute approximate surface area is 133 Å². The zero-order valence-electron chi connectivity index (χ0n) is 11.1. The summed E-state index contributed by atoms with van der Waals surface area (Å²) >= 11 is 4.29. The number of nitrogens with zero attached hydrogens (tertiary/aromatic N) is 2. The summed E-state index contributed by atoms with van der Waals surface area (Å²) in [5.41, 5.74) is 6.46. The van der Waals surface area contributed by atoms with Gasteiger partial charge in [0.15, 0.2) is 5.16 Å². The fraction of sp³-hybridized carbons (Fsp3) is 0.154. The molecule has 1 aromatic heterocycles. The monoisotopic (exact) mass is 370 g/mol. The summed E-state index contributed by atoms with van der Waals surface area (Å²) in [6, 6.07) is 6.06. The first-order valence-corrected chi connectivity index (χ1v) is 7.71. The lowest BCUT2D eigenvalue weighted by Crippen LogP contribution is -2.15. The Hall–Kier alpha value is -1.67. The van der Waals surface area contributed by atoms with E-state index in [9.17, 15) is 9.18 Å². The van der Waals surface area contributed by atoms with Crippen molar-refractivity contribution in [3.63, 3.8) is 0 Å². The first kappa shape index (κ1) is 15.7. The predicted molar refractivity (Wildman–Crippen MR) is 84.6 cm³/mol. The number of nitrogen functional groups attached to an aromatic ring is 1. The summed E-state index contributed by atoms with van der Waals surface area (Å²) in [7, 11) is 0. The van der Waals surface area contributed by atoms with Gasteiger partial charge >= 0.3 is 0 Å². The van der Waals surface area contributed by atoms with Crippen molar-refractivity contribution < 1.29 is 9.18 Å². The number of hydrogen-bond donors (Lipinski definition) is 2. The minimum absolute atomic E-state index is 0.0679. The lowest BCUT2D eigenvalue weighted by molar-refractivity contribution is -0.113. The van der Waals surface area contributed by atoms with Crippen LogP contribution in [0.2, 0.25) is 0 Å². The Balaban J connectivity index is 1.95. The normalized spacial score (nSPS) is 10.4. The number of hydrogen-bond acceptors (Lipinski definition) is 5. The van der Waals surface area contributed by atoms with E-state index < -0.39 is 5.82 Å². The van der Waals surface area contributed by atoms with Crippen LogP contribution in [0.3, 0.4) is 0 Å². The van der Waals surface area contributed by atoms with Crippen molar-refractivity contribution in [3.8, 4) is 0 Å². The summed E-state index contributed by atoms with van der Waals surface area (Å²) < 4.78 is 14.2.